The van der Waals surface area contributed by atoms with Crippen LogP contribution in [-0.2, 0) is 14.8 Å². The average molecular weight is 346 g/mol. The van der Waals surface area contributed by atoms with E-state index in [4.69, 9.17) is 0 Å². The molecule has 1 amide bonds. The number of aromatic hydroxyl groups is 1. The van der Waals surface area contributed by atoms with Crippen LogP contribution in [0.3, 0.4) is 0 Å². The van der Waals surface area contributed by atoms with Crippen LogP contribution in [0.25, 0.3) is 6.08 Å². The van der Waals surface area contributed by atoms with E-state index in [0.29, 0.717) is 0 Å². The van der Waals surface area contributed by atoms with Crippen LogP contribution in [-0.4, -0.2) is 26.0 Å². The zero-order chi connectivity index (χ0) is 17.4. The lowest BCUT2D eigenvalue weighted by Crippen LogP contribution is -2.26. The summed E-state index contributed by atoms with van der Waals surface area (Å²) in [7, 11) is -3.62. The van der Waals surface area contributed by atoms with Crippen molar-refractivity contribution in [3.05, 3.63) is 65.6 Å². The summed E-state index contributed by atoms with van der Waals surface area (Å²) in [5.41, 5.74) is 1.05. The Morgan fingerprint density at radius 3 is 2.42 bits per heavy atom. The minimum Gasteiger partial charge on any atom is -0.506 e. The van der Waals surface area contributed by atoms with Crippen molar-refractivity contribution in [1.82, 2.24) is 4.72 Å². The molecule has 2 aromatic carbocycles. The van der Waals surface area contributed by atoms with E-state index in [9.17, 15) is 18.3 Å². The van der Waals surface area contributed by atoms with E-state index in [0.717, 1.165) is 11.0 Å². The predicted octanol–water partition coefficient (Wildman–Crippen LogP) is 2.31. The van der Waals surface area contributed by atoms with Gasteiger partial charge >= 0.3 is 0 Å². The summed E-state index contributed by atoms with van der Waals surface area (Å²) in [5, 5.41) is 13.1. The third-order valence-electron chi connectivity index (χ3n) is 3.07. The van der Waals surface area contributed by atoms with Crippen LogP contribution in [0.2, 0.25) is 0 Å². The number of para-hydroxylation sites is 2. The third kappa shape index (κ3) is 5.86. The maximum Gasteiger partial charge on any atom is 0.233 e. The lowest BCUT2D eigenvalue weighted by molar-refractivity contribution is -0.116. The van der Waals surface area contributed by atoms with Gasteiger partial charge in [0, 0.05) is 18.4 Å². The maximum atomic E-state index is 11.8. The average Bonchev–Trinajstić information content (AvgIpc) is 2.56. The van der Waals surface area contributed by atoms with E-state index in [-0.39, 0.29) is 24.4 Å². The van der Waals surface area contributed by atoms with Crippen LogP contribution in [0.5, 0.6) is 5.75 Å². The van der Waals surface area contributed by atoms with Gasteiger partial charge in [-0.15, -0.1) is 0 Å². The Balaban J connectivity index is 1.81. The number of sulfonamides is 1. The summed E-state index contributed by atoms with van der Waals surface area (Å²) in [6.45, 7) is -0.0408. The zero-order valence-corrected chi connectivity index (χ0v) is 13.7. The van der Waals surface area contributed by atoms with E-state index in [1.165, 1.54) is 12.1 Å². The molecule has 0 unspecified atom stereocenters. The molecular weight excluding hydrogens is 328 g/mol. The van der Waals surface area contributed by atoms with Crippen LogP contribution in [0.15, 0.2) is 60.0 Å². The van der Waals surface area contributed by atoms with Gasteiger partial charge in [0.1, 0.15) is 5.75 Å². The first-order valence-electron chi connectivity index (χ1n) is 7.27. The first-order chi connectivity index (χ1) is 11.5. The number of phenols is 1. The Labute approximate surface area is 140 Å². The van der Waals surface area contributed by atoms with Gasteiger partial charge in [0.25, 0.3) is 0 Å². The number of rotatable bonds is 7. The molecular formula is C17H18N2O4S. The number of hydrogen-bond donors (Lipinski definition) is 3. The molecule has 0 aliphatic carbocycles. The van der Waals surface area contributed by atoms with Crippen LogP contribution >= 0.6 is 0 Å². The summed E-state index contributed by atoms with van der Waals surface area (Å²) in [6, 6.07) is 15.3. The normalized spacial score (nSPS) is 11.5. The number of phenolic OH excluding ortho intramolecular Hbond substituents is 1. The Morgan fingerprint density at radius 2 is 1.71 bits per heavy atom. The molecule has 2 aromatic rings. The van der Waals surface area contributed by atoms with Gasteiger partial charge in [0.05, 0.1) is 5.69 Å². The largest absolute Gasteiger partial charge is 0.506 e. The first-order valence-corrected chi connectivity index (χ1v) is 8.81. The number of hydrogen-bond acceptors (Lipinski definition) is 4. The molecule has 3 N–H and O–H groups in total. The van der Waals surface area contributed by atoms with E-state index in [2.05, 4.69) is 10.0 Å². The van der Waals surface area contributed by atoms with Crippen molar-refractivity contribution in [2.75, 3.05) is 11.9 Å². The van der Waals surface area contributed by atoms with Crippen molar-refractivity contribution in [1.29, 1.82) is 0 Å². The highest BCUT2D eigenvalue weighted by molar-refractivity contribution is 7.92. The predicted molar refractivity (Wildman–Crippen MR) is 93.8 cm³/mol. The number of carbonyl (C=O) groups excluding carboxylic acids is 1. The molecule has 0 fully saturated rings. The fourth-order valence-electron chi connectivity index (χ4n) is 1.88. The molecule has 0 spiro atoms. The molecule has 0 radical (unpaired) electrons. The number of carbonyl (C=O) groups is 1. The summed E-state index contributed by atoms with van der Waals surface area (Å²) in [4.78, 5) is 11.8. The maximum absolute atomic E-state index is 11.8. The second kappa shape index (κ2) is 8.28. The fraction of sp³-hybridized carbons (Fsp3) is 0.118. The number of amides is 1. The highest BCUT2D eigenvalue weighted by Gasteiger charge is 2.08. The van der Waals surface area contributed by atoms with Gasteiger partial charge in [-0.3, -0.25) is 4.79 Å². The summed E-state index contributed by atoms with van der Waals surface area (Å²) in [6.07, 6.45) is 1.43. The van der Waals surface area contributed by atoms with Crippen molar-refractivity contribution in [3.63, 3.8) is 0 Å². The van der Waals surface area contributed by atoms with Crippen LogP contribution in [0.4, 0.5) is 5.69 Å². The highest BCUT2D eigenvalue weighted by Crippen LogP contribution is 2.21. The quantitative estimate of drug-likeness (QED) is 0.671. The number of anilines is 1. The zero-order valence-electron chi connectivity index (χ0n) is 12.8. The van der Waals surface area contributed by atoms with Crippen LogP contribution in [0.1, 0.15) is 12.0 Å². The molecule has 0 aliphatic heterocycles. The summed E-state index contributed by atoms with van der Waals surface area (Å²) in [5.74, 6) is -0.441. The standard InChI is InChI=1S/C17H18N2O4S/c20-16-9-5-4-8-15(16)19-17(21)10-12-18-24(22,23)13-11-14-6-2-1-3-7-14/h1-9,11,13,18,20H,10,12H2,(H,19,21)/b13-11+. The van der Waals surface area contributed by atoms with Gasteiger partial charge in [-0.2, -0.15) is 0 Å². The van der Waals surface area contributed by atoms with E-state index in [1.807, 2.05) is 18.2 Å². The summed E-state index contributed by atoms with van der Waals surface area (Å²) < 4.78 is 26.0. The van der Waals surface area contributed by atoms with Gasteiger partial charge in [-0.1, -0.05) is 42.5 Å². The molecule has 24 heavy (non-hydrogen) atoms. The van der Waals surface area contributed by atoms with E-state index >= 15 is 0 Å². The Morgan fingerprint density at radius 1 is 1.04 bits per heavy atom. The van der Waals surface area contributed by atoms with Gasteiger partial charge in [0.15, 0.2) is 0 Å². The second-order valence-electron chi connectivity index (χ2n) is 4.97. The SMILES string of the molecule is O=C(CCNS(=O)(=O)/C=C/c1ccccc1)Nc1ccccc1O. The summed E-state index contributed by atoms with van der Waals surface area (Å²) >= 11 is 0. The molecule has 0 atom stereocenters. The van der Waals surface area contributed by atoms with Crippen LogP contribution in [0, 0.1) is 0 Å². The van der Waals surface area contributed by atoms with Crippen molar-refractivity contribution in [2.45, 2.75) is 6.42 Å². The molecule has 0 saturated carbocycles. The molecule has 7 heteroatoms. The third-order valence-corrected chi connectivity index (χ3v) is 4.17. The Bertz CT molecular complexity index is 817. The molecule has 0 saturated heterocycles. The van der Waals surface area contributed by atoms with E-state index in [1.54, 1.807) is 30.3 Å². The topological polar surface area (TPSA) is 95.5 Å². The van der Waals surface area contributed by atoms with Gasteiger partial charge in [-0.25, -0.2) is 13.1 Å². The molecule has 2 rings (SSSR count). The molecule has 126 valence electrons. The smallest absolute Gasteiger partial charge is 0.233 e. The second-order valence-corrected chi connectivity index (χ2v) is 6.62. The molecule has 0 heterocycles. The number of nitrogens with one attached hydrogen (secondary N) is 2. The van der Waals surface area contributed by atoms with Crippen molar-refractivity contribution in [3.8, 4) is 5.75 Å². The van der Waals surface area contributed by atoms with Gasteiger partial charge < -0.3 is 10.4 Å². The monoisotopic (exact) mass is 346 g/mol. The lowest BCUT2D eigenvalue weighted by Gasteiger charge is -2.07. The van der Waals surface area contributed by atoms with Crippen molar-refractivity contribution < 1.29 is 18.3 Å². The van der Waals surface area contributed by atoms with Crippen molar-refractivity contribution in [2.24, 2.45) is 0 Å². The van der Waals surface area contributed by atoms with Gasteiger partial charge in [0.2, 0.25) is 15.9 Å². The lowest BCUT2D eigenvalue weighted by atomic mass is 10.2. The minimum atomic E-state index is -3.62. The fourth-order valence-corrected chi connectivity index (χ4v) is 2.70. The highest BCUT2D eigenvalue weighted by atomic mass is 32.2. The van der Waals surface area contributed by atoms with Crippen molar-refractivity contribution >= 4 is 27.7 Å². The Kier molecular flexibility index (Phi) is 6.11. The van der Waals surface area contributed by atoms with E-state index < -0.39 is 15.9 Å². The minimum absolute atomic E-state index is 0.0408. The van der Waals surface area contributed by atoms with Gasteiger partial charge in [-0.05, 0) is 23.8 Å². The molecule has 0 bridgehead atoms. The Hall–Kier alpha value is -2.64. The molecule has 0 aromatic heterocycles. The molecule has 6 nitrogen and oxygen atoms in total. The first kappa shape index (κ1) is 17.7. The van der Waals surface area contributed by atoms with Crippen LogP contribution < -0.4 is 10.0 Å². The number of benzene rings is 2. The molecule has 0 aliphatic rings.